The van der Waals surface area contributed by atoms with Crippen LogP contribution in [-0.4, -0.2) is 22.2 Å². The van der Waals surface area contributed by atoms with Crippen molar-refractivity contribution in [1.82, 2.24) is 15.5 Å². The van der Waals surface area contributed by atoms with Gasteiger partial charge in [0.15, 0.2) is 5.69 Å². The smallest absolute Gasteiger partial charge is 0.272 e. The maximum Gasteiger partial charge on any atom is 0.272 e. The molecule has 0 spiro atoms. The number of hydrogen-bond acceptors (Lipinski definition) is 3. The van der Waals surface area contributed by atoms with E-state index < -0.39 is 0 Å². The van der Waals surface area contributed by atoms with Crippen molar-refractivity contribution in [3.63, 3.8) is 0 Å². The van der Waals surface area contributed by atoms with Gasteiger partial charge in [-0.3, -0.25) is 9.89 Å². The third-order valence-electron chi connectivity index (χ3n) is 4.43. The molecule has 0 radical (unpaired) electrons. The number of nitrogens with one attached hydrogen (secondary N) is 2. The molecule has 2 aliphatic rings. The van der Waals surface area contributed by atoms with Gasteiger partial charge < -0.3 is 10.1 Å². The Morgan fingerprint density at radius 1 is 1.45 bits per heavy atom. The van der Waals surface area contributed by atoms with Crippen LogP contribution >= 0.6 is 0 Å². The molecule has 1 aliphatic heterocycles. The lowest BCUT2D eigenvalue weighted by atomic mass is 10.1. The molecule has 1 aliphatic carbocycles. The lowest BCUT2D eigenvalue weighted by Gasteiger charge is -2.06. The summed E-state index contributed by atoms with van der Waals surface area (Å²) in [6, 6.07) is 6.12. The summed E-state index contributed by atoms with van der Waals surface area (Å²) < 4.78 is 5.70. The molecule has 2 heterocycles. The molecule has 2 aromatic rings. The fraction of sp³-hybridized carbons (Fsp3) is 0.412. The lowest BCUT2D eigenvalue weighted by molar-refractivity contribution is 0.0945. The van der Waals surface area contributed by atoms with Crippen LogP contribution in [0.1, 0.15) is 46.2 Å². The molecule has 1 atom stereocenters. The summed E-state index contributed by atoms with van der Waals surface area (Å²) in [6.45, 7) is 2.59. The molecule has 0 saturated carbocycles. The first-order valence-electron chi connectivity index (χ1n) is 7.83. The molecule has 0 fully saturated rings. The van der Waals surface area contributed by atoms with Gasteiger partial charge in [-0.15, -0.1) is 0 Å². The van der Waals surface area contributed by atoms with Gasteiger partial charge in [-0.25, -0.2) is 0 Å². The minimum Gasteiger partial charge on any atom is -0.490 e. The molecule has 0 unspecified atom stereocenters. The number of H-pyrrole nitrogens is 1. The summed E-state index contributed by atoms with van der Waals surface area (Å²) in [4.78, 5) is 12.3. The number of ether oxygens (including phenoxy) is 1. The van der Waals surface area contributed by atoms with E-state index in [2.05, 4.69) is 28.5 Å². The number of aryl methyl sites for hydroxylation is 1. The zero-order valence-electron chi connectivity index (χ0n) is 12.6. The Balaban J connectivity index is 1.44. The van der Waals surface area contributed by atoms with Crippen LogP contribution in [0.15, 0.2) is 18.2 Å². The highest BCUT2D eigenvalue weighted by Gasteiger charge is 2.23. The molecule has 1 aromatic carbocycles. The number of amides is 1. The number of rotatable bonds is 3. The second kappa shape index (κ2) is 5.16. The van der Waals surface area contributed by atoms with Crippen molar-refractivity contribution >= 4 is 5.91 Å². The molecule has 4 rings (SSSR count). The number of aromatic nitrogens is 2. The van der Waals surface area contributed by atoms with E-state index in [0.29, 0.717) is 12.2 Å². The standard InChI is InChI=1S/C17H19N3O2/c1-10-7-12-8-11(5-6-15(12)22-10)9-18-17(21)16-13-3-2-4-14(13)19-20-16/h5-6,8,10H,2-4,7,9H2,1H3,(H,18,21)(H,19,20)/t10-/m0/s1. The van der Waals surface area contributed by atoms with Crippen molar-refractivity contribution in [2.45, 2.75) is 45.3 Å². The summed E-state index contributed by atoms with van der Waals surface area (Å²) in [5.74, 6) is 0.872. The first kappa shape index (κ1) is 13.4. The topological polar surface area (TPSA) is 67.0 Å². The zero-order valence-corrected chi connectivity index (χ0v) is 12.6. The molecule has 0 bridgehead atoms. The Labute approximate surface area is 129 Å². The number of fused-ring (bicyclic) bond motifs is 2. The Morgan fingerprint density at radius 3 is 3.27 bits per heavy atom. The predicted molar refractivity (Wildman–Crippen MR) is 82.0 cm³/mol. The molecule has 2 N–H and O–H groups in total. The van der Waals surface area contributed by atoms with Crippen LogP contribution < -0.4 is 10.1 Å². The van der Waals surface area contributed by atoms with Crippen molar-refractivity contribution in [1.29, 1.82) is 0 Å². The van der Waals surface area contributed by atoms with Gasteiger partial charge in [-0.1, -0.05) is 12.1 Å². The monoisotopic (exact) mass is 297 g/mol. The maximum absolute atomic E-state index is 12.3. The van der Waals surface area contributed by atoms with Crippen molar-refractivity contribution < 1.29 is 9.53 Å². The van der Waals surface area contributed by atoms with Gasteiger partial charge in [0, 0.05) is 24.2 Å². The van der Waals surface area contributed by atoms with E-state index in [1.165, 1.54) is 5.56 Å². The van der Waals surface area contributed by atoms with Crippen LogP contribution in [0.25, 0.3) is 0 Å². The summed E-state index contributed by atoms with van der Waals surface area (Å²) in [5.41, 5.74) is 5.09. The van der Waals surface area contributed by atoms with Crippen LogP contribution in [0, 0.1) is 0 Å². The highest BCUT2D eigenvalue weighted by molar-refractivity contribution is 5.94. The second-order valence-corrected chi connectivity index (χ2v) is 6.14. The van der Waals surface area contributed by atoms with Gasteiger partial charge >= 0.3 is 0 Å². The lowest BCUT2D eigenvalue weighted by Crippen LogP contribution is -2.24. The van der Waals surface area contributed by atoms with E-state index in [0.717, 1.165) is 48.3 Å². The number of aromatic amines is 1. The highest BCUT2D eigenvalue weighted by atomic mass is 16.5. The van der Waals surface area contributed by atoms with E-state index in [4.69, 9.17) is 4.74 Å². The third-order valence-corrected chi connectivity index (χ3v) is 4.43. The van der Waals surface area contributed by atoms with Crippen molar-refractivity contribution in [3.8, 4) is 5.75 Å². The van der Waals surface area contributed by atoms with Crippen molar-refractivity contribution in [2.24, 2.45) is 0 Å². The molecular weight excluding hydrogens is 278 g/mol. The zero-order chi connectivity index (χ0) is 15.1. The summed E-state index contributed by atoms with van der Waals surface area (Å²) in [5, 5.41) is 10.1. The Bertz CT molecular complexity index is 736. The van der Waals surface area contributed by atoms with E-state index in [1.54, 1.807) is 0 Å². The molecule has 22 heavy (non-hydrogen) atoms. The van der Waals surface area contributed by atoms with Gasteiger partial charge in [0.2, 0.25) is 0 Å². The SMILES string of the molecule is C[C@H]1Cc2cc(CNC(=O)c3n[nH]c4c3CCC4)ccc2O1. The average Bonchev–Trinajstić information content (AvgIpc) is 3.17. The molecule has 5 heteroatoms. The van der Waals surface area contributed by atoms with Crippen LogP contribution in [0.2, 0.25) is 0 Å². The number of carbonyl (C=O) groups is 1. The minimum absolute atomic E-state index is 0.0930. The molecule has 5 nitrogen and oxygen atoms in total. The number of benzene rings is 1. The maximum atomic E-state index is 12.3. The van der Waals surface area contributed by atoms with E-state index in [9.17, 15) is 4.79 Å². The predicted octanol–water partition coefficient (Wildman–Crippen LogP) is 2.15. The molecule has 1 amide bonds. The first-order chi connectivity index (χ1) is 10.7. The highest BCUT2D eigenvalue weighted by Crippen LogP contribution is 2.29. The summed E-state index contributed by atoms with van der Waals surface area (Å²) in [6.07, 6.45) is 4.23. The quantitative estimate of drug-likeness (QED) is 0.912. The van der Waals surface area contributed by atoms with Gasteiger partial charge in [0.25, 0.3) is 5.91 Å². The van der Waals surface area contributed by atoms with Gasteiger partial charge in [0.1, 0.15) is 11.9 Å². The first-order valence-corrected chi connectivity index (χ1v) is 7.83. The Hall–Kier alpha value is -2.30. The largest absolute Gasteiger partial charge is 0.490 e. The van der Waals surface area contributed by atoms with E-state index in [1.807, 2.05) is 12.1 Å². The fourth-order valence-electron chi connectivity index (χ4n) is 3.36. The van der Waals surface area contributed by atoms with Crippen LogP contribution in [-0.2, 0) is 25.8 Å². The van der Waals surface area contributed by atoms with Gasteiger partial charge in [-0.2, -0.15) is 5.10 Å². The van der Waals surface area contributed by atoms with Crippen molar-refractivity contribution in [3.05, 3.63) is 46.3 Å². The third kappa shape index (κ3) is 2.26. The number of nitrogens with zero attached hydrogens (tertiary/aromatic N) is 1. The van der Waals surface area contributed by atoms with Crippen LogP contribution in [0.3, 0.4) is 0 Å². The van der Waals surface area contributed by atoms with Crippen molar-refractivity contribution in [2.75, 3.05) is 0 Å². The van der Waals surface area contributed by atoms with Gasteiger partial charge in [0.05, 0.1) is 0 Å². The van der Waals surface area contributed by atoms with Crippen LogP contribution in [0.4, 0.5) is 0 Å². The average molecular weight is 297 g/mol. The van der Waals surface area contributed by atoms with Gasteiger partial charge in [-0.05, 0) is 43.4 Å². The normalized spacial score (nSPS) is 18.7. The fourth-order valence-corrected chi connectivity index (χ4v) is 3.36. The second-order valence-electron chi connectivity index (χ2n) is 6.14. The number of hydrogen-bond donors (Lipinski definition) is 2. The molecule has 1 aromatic heterocycles. The van der Waals surface area contributed by atoms with E-state index >= 15 is 0 Å². The van der Waals surface area contributed by atoms with Crippen LogP contribution in [0.5, 0.6) is 5.75 Å². The molecule has 114 valence electrons. The Kier molecular flexibility index (Phi) is 3.13. The Morgan fingerprint density at radius 2 is 2.36 bits per heavy atom. The summed E-state index contributed by atoms with van der Waals surface area (Å²) >= 11 is 0. The minimum atomic E-state index is -0.0930. The molecular formula is C17H19N3O2. The molecule has 0 saturated heterocycles. The van der Waals surface area contributed by atoms with E-state index in [-0.39, 0.29) is 12.0 Å². The number of carbonyl (C=O) groups excluding carboxylic acids is 1. The summed E-state index contributed by atoms with van der Waals surface area (Å²) in [7, 11) is 0.